The van der Waals surface area contributed by atoms with Crippen molar-refractivity contribution < 1.29 is 14.7 Å². The molecule has 2 aliphatic rings. The maximum Gasteiger partial charge on any atom is 0.320 e. The fraction of sp³-hybridized carbons (Fsp3) is 0.385. The van der Waals surface area contributed by atoms with Crippen LogP contribution >= 0.6 is 11.8 Å². The van der Waals surface area contributed by atoms with Gasteiger partial charge in [0.1, 0.15) is 4.75 Å². The predicted octanol–water partition coefficient (Wildman–Crippen LogP) is 2.28. The first-order valence-electron chi connectivity index (χ1n) is 5.94. The second-order valence-electron chi connectivity index (χ2n) is 4.80. The molecule has 1 amide bonds. The summed E-state index contributed by atoms with van der Waals surface area (Å²) in [5, 5.41) is 12.1. The molecule has 0 radical (unpaired) electrons. The highest BCUT2D eigenvalue weighted by atomic mass is 32.2. The van der Waals surface area contributed by atoms with Crippen LogP contribution in [0, 0.1) is 0 Å². The van der Waals surface area contributed by atoms with Gasteiger partial charge in [-0.05, 0) is 43.0 Å². The summed E-state index contributed by atoms with van der Waals surface area (Å²) in [6, 6.07) is 5.68. The van der Waals surface area contributed by atoms with Crippen LogP contribution in [0.15, 0.2) is 23.1 Å². The molecule has 1 aromatic carbocycles. The van der Waals surface area contributed by atoms with Crippen molar-refractivity contribution in [2.24, 2.45) is 0 Å². The summed E-state index contributed by atoms with van der Waals surface area (Å²) in [5.41, 5.74) is 1.81. The van der Waals surface area contributed by atoms with E-state index in [1.54, 1.807) is 0 Å². The average Bonchev–Trinajstić information content (AvgIpc) is 2.62. The number of hydrogen-bond acceptors (Lipinski definition) is 3. The largest absolute Gasteiger partial charge is 0.480 e. The smallest absolute Gasteiger partial charge is 0.320 e. The molecule has 1 aromatic rings. The molecule has 1 aliphatic heterocycles. The standard InChI is InChI=1S/C13H13NO3S/c15-11-7-8-6-9(2-3-10(8)14-11)18-13(12(16)17)4-1-5-13/h2-3,6H,1,4-5,7H2,(H,14,15)(H,16,17). The first-order chi connectivity index (χ1) is 8.59. The number of aliphatic carboxylic acids is 1. The van der Waals surface area contributed by atoms with Gasteiger partial charge in [-0.25, -0.2) is 0 Å². The van der Waals surface area contributed by atoms with E-state index in [2.05, 4.69) is 5.32 Å². The van der Waals surface area contributed by atoms with Crippen LogP contribution in [0.2, 0.25) is 0 Å². The molecule has 0 saturated heterocycles. The first-order valence-corrected chi connectivity index (χ1v) is 6.76. The molecule has 0 aromatic heterocycles. The molecular weight excluding hydrogens is 250 g/mol. The van der Waals surface area contributed by atoms with Gasteiger partial charge in [0.2, 0.25) is 5.91 Å². The van der Waals surface area contributed by atoms with Crippen molar-refractivity contribution in [3.63, 3.8) is 0 Å². The van der Waals surface area contributed by atoms with Crippen molar-refractivity contribution in [3.8, 4) is 0 Å². The Morgan fingerprint density at radius 3 is 2.78 bits per heavy atom. The Hall–Kier alpha value is -1.49. The summed E-state index contributed by atoms with van der Waals surface area (Å²) in [5.74, 6) is -0.725. The van der Waals surface area contributed by atoms with E-state index in [4.69, 9.17) is 0 Å². The van der Waals surface area contributed by atoms with Crippen molar-refractivity contribution in [1.82, 2.24) is 0 Å². The van der Waals surface area contributed by atoms with Crippen LogP contribution in [0.3, 0.4) is 0 Å². The molecule has 0 spiro atoms. The number of anilines is 1. The lowest BCUT2D eigenvalue weighted by Crippen LogP contribution is -2.41. The number of hydrogen-bond donors (Lipinski definition) is 2. The van der Waals surface area contributed by atoms with Gasteiger partial charge in [0.15, 0.2) is 0 Å². The molecule has 2 N–H and O–H groups in total. The molecule has 0 atom stereocenters. The van der Waals surface area contributed by atoms with Crippen LogP contribution < -0.4 is 5.32 Å². The van der Waals surface area contributed by atoms with E-state index in [0.29, 0.717) is 6.42 Å². The number of carbonyl (C=O) groups excluding carboxylic acids is 1. The van der Waals surface area contributed by atoms with E-state index in [0.717, 1.165) is 35.4 Å². The summed E-state index contributed by atoms with van der Waals surface area (Å²) in [6.45, 7) is 0. The van der Waals surface area contributed by atoms with Crippen molar-refractivity contribution in [3.05, 3.63) is 23.8 Å². The average molecular weight is 263 g/mol. The number of amides is 1. The lowest BCUT2D eigenvalue weighted by atomic mass is 9.84. The molecule has 0 unspecified atom stereocenters. The van der Waals surface area contributed by atoms with Crippen LogP contribution in [0.5, 0.6) is 0 Å². The SMILES string of the molecule is O=C1Cc2cc(SC3(C(=O)O)CCC3)ccc2N1. The highest BCUT2D eigenvalue weighted by Crippen LogP contribution is 2.48. The van der Waals surface area contributed by atoms with E-state index in [9.17, 15) is 14.7 Å². The lowest BCUT2D eigenvalue weighted by Gasteiger charge is -2.36. The van der Waals surface area contributed by atoms with Crippen molar-refractivity contribution in [2.75, 3.05) is 5.32 Å². The van der Waals surface area contributed by atoms with Crippen LogP contribution in [0.1, 0.15) is 24.8 Å². The number of carboxylic acids is 1. The van der Waals surface area contributed by atoms with E-state index in [-0.39, 0.29) is 5.91 Å². The Morgan fingerprint density at radius 2 is 2.17 bits per heavy atom. The van der Waals surface area contributed by atoms with E-state index >= 15 is 0 Å². The third-order valence-electron chi connectivity index (χ3n) is 3.57. The monoisotopic (exact) mass is 263 g/mol. The normalized spacial score (nSPS) is 19.9. The third-order valence-corrected chi connectivity index (χ3v) is 5.03. The lowest BCUT2D eigenvalue weighted by molar-refractivity contribution is -0.142. The second-order valence-corrected chi connectivity index (χ2v) is 6.26. The third kappa shape index (κ3) is 1.79. The number of fused-ring (bicyclic) bond motifs is 1. The zero-order valence-corrected chi connectivity index (χ0v) is 10.5. The van der Waals surface area contributed by atoms with Gasteiger partial charge in [-0.2, -0.15) is 0 Å². The summed E-state index contributed by atoms with van der Waals surface area (Å²) < 4.78 is -0.649. The molecule has 5 heteroatoms. The van der Waals surface area contributed by atoms with Gasteiger partial charge in [-0.1, -0.05) is 0 Å². The van der Waals surface area contributed by atoms with Crippen LogP contribution in [-0.2, 0) is 16.0 Å². The first kappa shape index (κ1) is 11.6. The molecule has 3 rings (SSSR count). The molecule has 1 saturated carbocycles. The van der Waals surface area contributed by atoms with Crippen LogP contribution in [-0.4, -0.2) is 21.7 Å². The van der Waals surface area contributed by atoms with Gasteiger partial charge in [0, 0.05) is 10.6 Å². The minimum absolute atomic E-state index is 0.00346. The minimum atomic E-state index is -0.728. The maximum atomic E-state index is 11.3. The summed E-state index contributed by atoms with van der Waals surface area (Å²) in [4.78, 5) is 23.5. The second kappa shape index (κ2) is 4.02. The van der Waals surface area contributed by atoms with Gasteiger partial charge in [-0.15, -0.1) is 11.8 Å². The number of carbonyl (C=O) groups is 2. The predicted molar refractivity (Wildman–Crippen MR) is 68.9 cm³/mol. The molecule has 0 bridgehead atoms. The summed E-state index contributed by atoms with van der Waals surface area (Å²) in [6.07, 6.45) is 2.82. The molecule has 1 fully saturated rings. The van der Waals surface area contributed by atoms with E-state index in [1.807, 2.05) is 18.2 Å². The number of carboxylic acid groups (broad SMARTS) is 1. The molecule has 1 aliphatic carbocycles. The minimum Gasteiger partial charge on any atom is -0.480 e. The number of benzene rings is 1. The van der Waals surface area contributed by atoms with Crippen molar-refractivity contribution in [1.29, 1.82) is 0 Å². The number of thioether (sulfide) groups is 1. The highest BCUT2D eigenvalue weighted by molar-refractivity contribution is 8.01. The number of nitrogens with one attached hydrogen (secondary N) is 1. The fourth-order valence-electron chi connectivity index (χ4n) is 2.35. The van der Waals surface area contributed by atoms with Gasteiger partial charge in [-0.3, -0.25) is 9.59 Å². The van der Waals surface area contributed by atoms with Crippen LogP contribution in [0.4, 0.5) is 5.69 Å². The fourth-order valence-corrected chi connectivity index (χ4v) is 3.72. The van der Waals surface area contributed by atoms with Gasteiger partial charge < -0.3 is 10.4 Å². The zero-order valence-electron chi connectivity index (χ0n) is 9.73. The highest BCUT2D eigenvalue weighted by Gasteiger charge is 2.45. The quantitative estimate of drug-likeness (QED) is 0.878. The Bertz CT molecular complexity index is 537. The molecule has 1 heterocycles. The van der Waals surface area contributed by atoms with Crippen molar-refractivity contribution in [2.45, 2.75) is 35.3 Å². The van der Waals surface area contributed by atoms with E-state index in [1.165, 1.54) is 11.8 Å². The van der Waals surface area contributed by atoms with E-state index < -0.39 is 10.7 Å². The molecule has 94 valence electrons. The number of rotatable bonds is 3. The van der Waals surface area contributed by atoms with Crippen molar-refractivity contribution >= 4 is 29.3 Å². The Kier molecular flexibility index (Phi) is 2.59. The molecular formula is C13H13NO3S. The summed E-state index contributed by atoms with van der Waals surface area (Å²) >= 11 is 1.41. The van der Waals surface area contributed by atoms with Gasteiger partial charge in [0.05, 0.1) is 6.42 Å². The van der Waals surface area contributed by atoms with Gasteiger partial charge >= 0.3 is 5.97 Å². The maximum absolute atomic E-state index is 11.3. The van der Waals surface area contributed by atoms with Gasteiger partial charge in [0.25, 0.3) is 0 Å². The summed E-state index contributed by atoms with van der Waals surface area (Å²) in [7, 11) is 0. The van der Waals surface area contributed by atoms with Crippen LogP contribution in [0.25, 0.3) is 0 Å². The molecule has 4 nitrogen and oxygen atoms in total. The zero-order chi connectivity index (χ0) is 12.8. The Balaban J connectivity index is 1.84. The Morgan fingerprint density at radius 1 is 1.39 bits per heavy atom. The Labute approximate surface area is 109 Å². The molecule has 18 heavy (non-hydrogen) atoms. The topological polar surface area (TPSA) is 66.4 Å².